The molecule has 0 saturated heterocycles. The predicted molar refractivity (Wildman–Crippen MR) is 107 cm³/mol. The molecule has 0 aromatic heterocycles. The van der Waals surface area contributed by atoms with Gasteiger partial charge in [0.05, 0.1) is 6.10 Å². The fraction of sp³-hybridized carbons (Fsp3) is 0.542. The molecule has 0 aliphatic heterocycles. The highest BCUT2D eigenvalue weighted by Gasteiger charge is 2.25. The summed E-state index contributed by atoms with van der Waals surface area (Å²) >= 11 is 0. The molecule has 0 amide bonds. The molecule has 1 aromatic carbocycles. The average molecular weight is 385 g/mol. The normalized spacial score (nSPS) is 29.0. The zero-order chi connectivity index (χ0) is 19.8. The Morgan fingerprint density at radius 1 is 1.04 bits per heavy atom. The van der Waals surface area contributed by atoms with Crippen LogP contribution in [0.25, 0.3) is 0 Å². The second kappa shape index (κ2) is 10.5. The van der Waals surface area contributed by atoms with E-state index in [4.69, 9.17) is 10.00 Å². The number of benzene rings is 1. The highest BCUT2D eigenvalue weighted by Crippen LogP contribution is 2.36. The molecular weight excluding hydrogens is 356 g/mol. The van der Waals surface area contributed by atoms with Gasteiger partial charge in [-0.1, -0.05) is 24.3 Å². The number of hydrogen-bond acceptors (Lipinski definition) is 2. The van der Waals surface area contributed by atoms with E-state index in [1.54, 1.807) is 18.2 Å². The van der Waals surface area contributed by atoms with Crippen LogP contribution in [0, 0.1) is 29.0 Å². The van der Waals surface area contributed by atoms with Crippen LogP contribution in [0.3, 0.4) is 0 Å². The van der Waals surface area contributed by atoms with Gasteiger partial charge >= 0.3 is 0 Å². The third kappa shape index (κ3) is 6.27. The van der Waals surface area contributed by atoms with Gasteiger partial charge in [-0.15, -0.1) is 0 Å². The second-order valence-corrected chi connectivity index (χ2v) is 8.15. The third-order valence-corrected chi connectivity index (χ3v) is 6.21. The van der Waals surface area contributed by atoms with Gasteiger partial charge in [0.1, 0.15) is 11.9 Å². The molecule has 4 heteroatoms. The van der Waals surface area contributed by atoms with Crippen LogP contribution in [0.2, 0.25) is 0 Å². The molecular formula is C24H29F2NO. The van der Waals surface area contributed by atoms with E-state index in [0.29, 0.717) is 23.9 Å². The van der Waals surface area contributed by atoms with E-state index in [1.165, 1.54) is 30.6 Å². The SMILES string of the molecule is N#C/C(F)=C/C=C/C1CCC(OCC2CCC(c3ccc(F)cc3)CC2)CC1. The molecule has 0 atom stereocenters. The molecule has 2 aliphatic carbocycles. The smallest absolute Gasteiger partial charge is 0.199 e. The van der Waals surface area contributed by atoms with Crippen molar-refractivity contribution < 1.29 is 13.5 Å². The maximum atomic E-state index is 13.1. The number of hydrogen-bond donors (Lipinski definition) is 0. The number of allylic oxidation sites excluding steroid dienone is 4. The summed E-state index contributed by atoms with van der Waals surface area (Å²) in [5, 5.41) is 8.40. The summed E-state index contributed by atoms with van der Waals surface area (Å²) in [5.41, 5.74) is 1.26. The lowest BCUT2D eigenvalue weighted by molar-refractivity contribution is -0.00456. The van der Waals surface area contributed by atoms with Crippen molar-refractivity contribution in [2.75, 3.05) is 6.61 Å². The van der Waals surface area contributed by atoms with Crippen molar-refractivity contribution in [2.24, 2.45) is 11.8 Å². The number of halogens is 2. The van der Waals surface area contributed by atoms with Gasteiger partial charge < -0.3 is 4.74 Å². The van der Waals surface area contributed by atoms with E-state index in [9.17, 15) is 8.78 Å². The van der Waals surface area contributed by atoms with Crippen molar-refractivity contribution in [3.63, 3.8) is 0 Å². The van der Waals surface area contributed by atoms with E-state index in [0.717, 1.165) is 45.1 Å². The predicted octanol–water partition coefficient (Wildman–Crippen LogP) is 6.61. The molecule has 0 spiro atoms. The Hall–Kier alpha value is -1.99. The van der Waals surface area contributed by atoms with Crippen LogP contribution in [-0.4, -0.2) is 12.7 Å². The van der Waals surface area contributed by atoms with Crippen LogP contribution in [0.15, 0.2) is 48.3 Å². The van der Waals surface area contributed by atoms with Crippen LogP contribution in [0.5, 0.6) is 0 Å². The van der Waals surface area contributed by atoms with E-state index in [1.807, 2.05) is 18.2 Å². The maximum Gasteiger partial charge on any atom is 0.199 e. The van der Waals surface area contributed by atoms with Crippen molar-refractivity contribution in [3.05, 3.63) is 59.7 Å². The zero-order valence-corrected chi connectivity index (χ0v) is 16.3. The van der Waals surface area contributed by atoms with Gasteiger partial charge in [-0.25, -0.2) is 4.39 Å². The monoisotopic (exact) mass is 385 g/mol. The molecule has 2 aliphatic rings. The van der Waals surface area contributed by atoms with Gasteiger partial charge in [0, 0.05) is 6.61 Å². The van der Waals surface area contributed by atoms with Gasteiger partial charge in [0.25, 0.3) is 0 Å². The Morgan fingerprint density at radius 3 is 2.36 bits per heavy atom. The Labute approximate surface area is 166 Å². The molecule has 2 saturated carbocycles. The molecule has 0 radical (unpaired) electrons. The summed E-state index contributed by atoms with van der Waals surface area (Å²) in [5.74, 6) is 0.727. The average Bonchev–Trinajstić information content (AvgIpc) is 2.74. The van der Waals surface area contributed by atoms with Crippen molar-refractivity contribution in [1.29, 1.82) is 5.26 Å². The van der Waals surface area contributed by atoms with Gasteiger partial charge in [0.2, 0.25) is 0 Å². The van der Waals surface area contributed by atoms with E-state index >= 15 is 0 Å². The summed E-state index contributed by atoms with van der Waals surface area (Å²) in [6.07, 6.45) is 14.1. The lowest BCUT2D eigenvalue weighted by Crippen LogP contribution is -2.25. The fourth-order valence-electron chi connectivity index (χ4n) is 4.45. The standard InChI is InChI=1S/C24H29F2NO/c25-22-12-10-21(11-13-22)20-8-4-19(5-9-20)17-28-24-14-6-18(7-15-24)2-1-3-23(26)16-27/h1-3,10-13,18-20,24H,4-9,14-15,17H2/b2-1+,23-3-. The van der Waals surface area contributed by atoms with E-state index < -0.39 is 5.83 Å². The van der Waals surface area contributed by atoms with Gasteiger partial charge in [-0.2, -0.15) is 9.65 Å². The first kappa shape index (κ1) is 20.7. The summed E-state index contributed by atoms with van der Waals surface area (Å²) in [6, 6.07) is 8.45. The number of nitrogens with zero attached hydrogens (tertiary/aromatic N) is 1. The minimum Gasteiger partial charge on any atom is -0.378 e. The van der Waals surface area contributed by atoms with E-state index in [2.05, 4.69) is 0 Å². The topological polar surface area (TPSA) is 33.0 Å². The molecule has 3 rings (SSSR count). The molecule has 0 N–H and O–H groups in total. The molecule has 150 valence electrons. The van der Waals surface area contributed by atoms with Crippen molar-refractivity contribution >= 4 is 0 Å². The van der Waals surface area contributed by atoms with Crippen LogP contribution in [0.4, 0.5) is 8.78 Å². The summed E-state index contributed by atoms with van der Waals surface area (Å²) in [7, 11) is 0. The second-order valence-electron chi connectivity index (χ2n) is 8.15. The van der Waals surface area contributed by atoms with Gasteiger partial charge in [0.15, 0.2) is 5.83 Å². The molecule has 2 fully saturated rings. The molecule has 2 nitrogen and oxygen atoms in total. The first-order valence-corrected chi connectivity index (χ1v) is 10.4. The molecule has 0 heterocycles. The van der Waals surface area contributed by atoms with E-state index in [-0.39, 0.29) is 5.82 Å². The third-order valence-electron chi connectivity index (χ3n) is 6.21. The van der Waals surface area contributed by atoms with Crippen LogP contribution in [-0.2, 0) is 4.74 Å². The van der Waals surface area contributed by atoms with Gasteiger partial charge in [-0.05, 0) is 92.9 Å². The van der Waals surface area contributed by atoms with Crippen molar-refractivity contribution in [3.8, 4) is 6.07 Å². The highest BCUT2D eigenvalue weighted by molar-refractivity contribution is 5.21. The quantitative estimate of drug-likeness (QED) is 0.408. The van der Waals surface area contributed by atoms with Crippen LogP contribution < -0.4 is 0 Å². The molecule has 0 bridgehead atoms. The van der Waals surface area contributed by atoms with Crippen LogP contribution >= 0.6 is 0 Å². The summed E-state index contributed by atoms with van der Waals surface area (Å²) < 4.78 is 32.1. The number of rotatable bonds is 6. The van der Waals surface area contributed by atoms with Gasteiger partial charge in [-0.3, -0.25) is 0 Å². The number of nitriles is 1. The Bertz CT molecular complexity index is 703. The molecule has 28 heavy (non-hydrogen) atoms. The minimum atomic E-state index is -0.748. The Morgan fingerprint density at radius 2 is 1.71 bits per heavy atom. The molecule has 1 aromatic rings. The summed E-state index contributed by atoms with van der Waals surface area (Å²) in [6.45, 7) is 0.845. The first-order chi connectivity index (χ1) is 13.6. The highest BCUT2D eigenvalue weighted by atomic mass is 19.1. The first-order valence-electron chi connectivity index (χ1n) is 10.4. The summed E-state index contributed by atoms with van der Waals surface area (Å²) in [4.78, 5) is 0. The van der Waals surface area contributed by atoms with Crippen molar-refractivity contribution in [2.45, 2.75) is 63.4 Å². The largest absolute Gasteiger partial charge is 0.378 e. The zero-order valence-electron chi connectivity index (χ0n) is 16.3. The Balaban J connectivity index is 1.33. The number of ether oxygens (including phenoxy) is 1. The maximum absolute atomic E-state index is 13.1. The minimum absolute atomic E-state index is 0.165. The lowest BCUT2D eigenvalue weighted by atomic mass is 9.79. The van der Waals surface area contributed by atoms with Crippen molar-refractivity contribution in [1.82, 2.24) is 0 Å². The lowest BCUT2D eigenvalue weighted by Gasteiger charge is -2.32. The van der Waals surface area contributed by atoms with Crippen LogP contribution in [0.1, 0.15) is 62.8 Å². The fourth-order valence-corrected chi connectivity index (χ4v) is 4.45. The Kier molecular flexibility index (Phi) is 7.80. The molecule has 0 unspecified atom stereocenters.